The summed E-state index contributed by atoms with van der Waals surface area (Å²) < 4.78 is 5.08. The average molecular weight is 357 g/mol. The van der Waals surface area contributed by atoms with E-state index in [4.69, 9.17) is 4.52 Å². The number of rotatable bonds is 5. The van der Waals surface area contributed by atoms with Crippen molar-refractivity contribution in [3.8, 4) is 0 Å². The number of β-amino-alcohol motifs (C(OH)–C–C–N with tert-alkyl or cyclic N) is 1. The van der Waals surface area contributed by atoms with E-state index in [9.17, 15) is 9.90 Å². The quantitative estimate of drug-likeness (QED) is 0.821. The third kappa shape index (κ3) is 3.70. The topological polar surface area (TPSA) is 104 Å². The number of aryl methyl sites for hydroxylation is 1. The molecule has 4 rings (SSSR count). The van der Waals surface area contributed by atoms with Crippen molar-refractivity contribution in [3.63, 3.8) is 0 Å². The normalized spacial score (nSPS) is 25.2. The molecule has 2 fully saturated rings. The second-order valence-electron chi connectivity index (χ2n) is 7.23. The summed E-state index contributed by atoms with van der Waals surface area (Å²) in [6.45, 7) is 3.28. The van der Waals surface area contributed by atoms with Crippen molar-refractivity contribution in [1.29, 1.82) is 0 Å². The van der Waals surface area contributed by atoms with Gasteiger partial charge in [-0.05, 0) is 26.2 Å². The molecule has 2 aromatic heterocycles. The molecule has 8 nitrogen and oxygen atoms in total. The van der Waals surface area contributed by atoms with Crippen LogP contribution in [0.3, 0.4) is 0 Å². The van der Waals surface area contributed by atoms with E-state index in [0.717, 1.165) is 43.0 Å². The number of anilines is 1. The van der Waals surface area contributed by atoms with Crippen LogP contribution in [0.25, 0.3) is 0 Å². The molecule has 26 heavy (non-hydrogen) atoms. The third-order valence-electron chi connectivity index (χ3n) is 5.09. The minimum atomic E-state index is -0.273. The molecule has 1 aliphatic heterocycles. The van der Waals surface area contributed by atoms with E-state index < -0.39 is 0 Å². The Kier molecular flexibility index (Phi) is 4.58. The van der Waals surface area contributed by atoms with Gasteiger partial charge in [0, 0.05) is 42.9 Å². The average Bonchev–Trinajstić information content (AvgIpc) is 3.19. The Morgan fingerprint density at radius 1 is 1.38 bits per heavy atom. The van der Waals surface area contributed by atoms with Crippen LogP contribution < -0.4 is 10.2 Å². The van der Waals surface area contributed by atoms with Gasteiger partial charge in [-0.25, -0.2) is 9.97 Å². The highest BCUT2D eigenvalue weighted by atomic mass is 16.5. The van der Waals surface area contributed by atoms with Crippen molar-refractivity contribution in [3.05, 3.63) is 35.6 Å². The first-order chi connectivity index (χ1) is 12.6. The molecular formula is C18H23N5O3. The van der Waals surface area contributed by atoms with Crippen LogP contribution in [0.15, 0.2) is 23.0 Å². The highest BCUT2D eigenvalue weighted by Gasteiger charge is 2.33. The summed E-state index contributed by atoms with van der Waals surface area (Å²) in [7, 11) is 0. The van der Waals surface area contributed by atoms with Crippen LogP contribution in [0, 0.1) is 6.92 Å². The monoisotopic (exact) mass is 357 g/mol. The fourth-order valence-corrected chi connectivity index (χ4v) is 3.62. The van der Waals surface area contributed by atoms with Crippen LogP contribution in [0.2, 0.25) is 0 Å². The fraction of sp³-hybridized carbons (Fsp3) is 0.556. The van der Waals surface area contributed by atoms with E-state index in [0.29, 0.717) is 18.2 Å². The van der Waals surface area contributed by atoms with Crippen LogP contribution in [0.1, 0.15) is 42.3 Å². The first-order valence-electron chi connectivity index (χ1n) is 9.03. The minimum absolute atomic E-state index is 0.0426. The van der Waals surface area contributed by atoms with E-state index >= 15 is 0 Å². The van der Waals surface area contributed by atoms with Gasteiger partial charge >= 0.3 is 0 Å². The van der Waals surface area contributed by atoms with Gasteiger partial charge in [-0.15, -0.1) is 0 Å². The van der Waals surface area contributed by atoms with Gasteiger partial charge in [-0.2, -0.15) is 0 Å². The van der Waals surface area contributed by atoms with Gasteiger partial charge in [0.2, 0.25) is 5.91 Å². The molecule has 1 saturated carbocycles. The number of carbonyl (C=O) groups excluding carboxylic acids is 1. The molecule has 2 N–H and O–H groups in total. The van der Waals surface area contributed by atoms with E-state index in [1.807, 2.05) is 13.0 Å². The smallest absolute Gasteiger partial charge is 0.227 e. The number of hydrogen-bond acceptors (Lipinski definition) is 7. The number of hydrogen-bond donors (Lipinski definition) is 2. The summed E-state index contributed by atoms with van der Waals surface area (Å²) in [5.74, 6) is 1.75. The number of carbonyl (C=O) groups is 1. The Morgan fingerprint density at radius 3 is 2.92 bits per heavy atom. The van der Waals surface area contributed by atoms with E-state index in [2.05, 4.69) is 25.3 Å². The number of nitrogens with one attached hydrogen (secondary N) is 1. The van der Waals surface area contributed by atoms with Gasteiger partial charge in [0.05, 0.1) is 18.2 Å². The summed E-state index contributed by atoms with van der Waals surface area (Å²) in [6.07, 6.45) is 4.07. The van der Waals surface area contributed by atoms with E-state index in [-0.39, 0.29) is 24.5 Å². The summed E-state index contributed by atoms with van der Waals surface area (Å²) in [5.41, 5.74) is 1.79. The summed E-state index contributed by atoms with van der Waals surface area (Å²) in [6, 6.07) is 3.96. The molecule has 2 aliphatic rings. The fourth-order valence-electron chi connectivity index (χ4n) is 3.62. The van der Waals surface area contributed by atoms with Crippen molar-refractivity contribution in [2.24, 2.45) is 0 Å². The Balaban J connectivity index is 1.28. The zero-order chi connectivity index (χ0) is 18.1. The maximum atomic E-state index is 12.1. The lowest BCUT2D eigenvalue weighted by molar-refractivity contribution is -0.122. The van der Waals surface area contributed by atoms with Gasteiger partial charge in [-0.3, -0.25) is 4.79 Å². The molecule has 3 heterocycles. The van der Waals surface area contributed by atoms with Crippen LogP contribution in [0.5, 0.6) is 0 Å². The zero-order valence-corrected chi connectivity index (χ0v) is 14.8. The van der Waals surface area contributed by atoms with Crippen molar-refractivity contribution in [2.75, 3.05) is 18.0 Å². The predicted octanol–water partition coefficient (Wildman–Crippen LogP) is 0.949. The maximum Gasteiger partial charge on any atom is 0.227 e. The van der Waals surface area contributed by atoms with Crippen LogP contribution in [-0.2, 0) is 11.2 Å². The standard InChI is InChI=1S/C18H23N5O3/c1-11-4-15(26-22-11)7-18(25)21-13-5-12(6-13)16-8-17(20-10-19-16)23-3-2-14(24)9-23/h4,8,10,12-14,24H,2-3,5-7,9H2,1H3,(H,21,25). The number of amides is 1. The van der Waals surface area contributed by atoms with Gasteiger partial charge in [0.15, 0.2) is 0 Å². The Bertz CT molecular complexity index is 787. The number of aromatic nitrogens is 3. The van der Waals surface area contributed by atoms with Gasteiger partial charge in [-0.1, -0.05) is 5.16 Å². The molecule has 1 amide bonds. The number of nitrogens with zero attached hydrogens (tertiary/aromatic N) is 4. The first-order valence-corrected chi connectivity index (χ1v) is 9.03. The SMILES string of the molecule is Cc1cc(CC(=O)NC2CC(c3cc(N4CCC(O)C4)ncn3)C2)on1. The summed E-state index contributed by atoms with van der Waals surface area (Å²) in [5, 5.41) is 16.5. The molecule has 0 radical (unpaired) electrons. The zero-order valence-electron chi connectivity index (χ0n) is 14.8. The predicted molar refractivity (Wildman–Crippen MR) is 93.7 cm³/mol. The second kappa shape index (κ2) is 7.03. The van der Waals surface area contributed by atoms with Crippen molar-refractivity contribution in [2.45, 2.75) is 50.7 Å². The molecule has 138 valence electrons. The molecule has 0 spiro atoms. The van der Waals surface area contributed by atoms with Gasteiger partial charge < -0.3 is 19.8 Å². The Hall–Kier alpha value is -2.48. The van der Waals surface area contributed by atoms with Crippen molar-refractivity contribution < 1.29 is 14.4 Å². The minimum Gasteiger partial charge on any atom is -0.391 e. The highest BCUT2D eigenvalue weighted by molar-refractivity contribution is 5.78. The molecule has 0 bridgehead atoms. The first kappa shape index (κ1) is 17.0. The van der Waals surface area contributed by atoms with Crippen LogP contribution >= 0.6 is 0 Å². The summed E-state index contributed by atoms with van der Waals surface area (Å²) in [4.78, 5) is 22.9. The molecule has 1 saturated heterocycles. The molecule has 2 aromatic rings. The largest absolute Gasteiger partial charge is 0.391 e. The lowest BCUT2D eigenvalue weighted by Gasteiger charge is -2.35. The van der Waals surface area contributed by atoms with E-state index in [1.165, 1.54) is 0 Å². The Morgan fingerprint density at radius 2 is 2.23 bits per heavy atom. The number of aliphatic hydroxyl groups excluding tert-OH is 1. The highest BCUT2D eigenvalue weighted by Crippen LogP contribution is 2.36. The molecule has 0 aromatic carbocycles. The molecular weight excluding hydrogens is 334 g/mol. The van der Waals surface area contributed by atoms with Crippen molar-refractivity contribution >= 4 is 11.7 Å². The van der Waals surface area contributed by atoms with Crippen LogP contribution in [-0.4, -0.2) is 51.4 Å². The van der Waals surface area contributed by atoms with Gasteiger partial charge in [0.25, 0.3) is 0 Å². The van der Waals surface area contributed by atoms with Crippen molar-refractivity contribution in [1.82, 2.24) is 20.4 Å². The third-order valence-corrected chi connectivity index (χ3v) is 5.09. The second-order valence-corrected chi connectivity index (χ2v) is 7.23. The molecule has 8 heteroatoms. The molecule has 1 atom stereocenters. The Labute approximate surface area is 151 Å². The van der Waals surface area contributed by atoms with Gasteiger partial charge in [0.1, 0.15) is 17.9 Å². The maximum absolute atomic E-state index is 12.1. The van der Waals surface area contributed by atoms with Crippen LogP contribution in [0.4, 0.5) is 5.82 Å². The summed E-state index contributed by atoms with van der Waals surface area (Å²) >= 11 is 0. The number of aliphatic hydroxyl groups is 1. The molecule has 1 unspecified atom stereocenters. The van der Waals surface area contributed by atoms with E-state index in [1.54, 1.807) is 12.4 Å². The lowest BCUT2D eigenvalue weighted by atomic mass is 9.78. The molecule has 1 aliphatic carbocycles. The lowest BCUT2D eigenvalue weighted by Crippen LogP contribution is -2.44.